The van der Waals surface area contributed by atoms with Crippen molar-refractivity contribution in [2.45, 2.75) is 13.5 Å². The summed E-state index contributed by atoms with van der Waals surface area (Å²) < 4.78 is 18.3. The van der Waals surface area contributed by atoms with Crippen LogP contribution in [-0.2, 0) is 6.61 Å². The van der Waals surface area contributed by atoms with E-state index >= 15 is 0 Å². The highest BCUT2D eigenvalue weighted by Crippen LogP contribution is 2.30. The number of hydrogen-bond donors (Lipinski definition) is 0. The summed E-state index contributed by atoms with van der Waals surface area (Å²) >= 11 is 0. The molecule has 0 aliphatic heterocycles. The van der Waals surface area contributed by atoms with Gasteiger partial charge in [0, 0.05) is 6.07 Å². The van der Waals surface area contributed by atoms with Crippen molar-refractivity contribution >= 4 is 0 Å². The molecule has 4 aromatic rings. The first-order valence-corrected chi connectivity index (χ1v) is 9.59. The van der Waals surface area contributed by atoms with Crippen LogP contribution in [0.4, 0.5) is 0 Å². The monoisotopic (exact) mass is 401 g/mol. The van der Waals surface area contributed by atoms with E-state index in [1.54, 1.807) is 18.9 Å². The van der Waals surface area contributed by atoms with Crippen LogP contribution < -0.4 is 14.2 Å². The molecule has 0 aliphatic carbocycles. The van der Waals surface area contributed by atoms with E-state index in [1.165, 1.54) is 5.56 Å². The molecule has 0 radical (unpaired) electrons. The topological polar surface area (TPSA) is 58.4 Å². The SMILES string of the molecule is COc1cc(OC)cc(-c2ccc(OCc3cn(-c4ccc(C)cc4)nn3)cc2)c1. The minimum Gasteiger partial charge on any atom is -0.497 e. The van der Waals surface area contributed by atoms with Crippen LogP contribution in [-0.4, -0.2) is 29.2 Å². The third-order valence-electron chi connectivity index (χ3n) is 4.77. The molecule has 0 unspecified atom stereocenters. The largest absolute Gasteiger partial charge is 0.497 e. The summed E-state index contributed by atoms with van der Waals surface area (Å²) in [7, 11) is 3.29. The number of nitrogens with zero attached hydrogens (tertiary/aromatic N) is 3. The van der Waals surface area contributed by atoms with Crippen molar-refractivity contribution in [2.24, 2.45) is 0 Å². The average molecular weight is 401 g/mol. The van der Waals surface area contributed by atoms with Crippen molar-refractivity contribution in [1.82, 2.24) is 15.0 Å². The summed E-state index contributed by atoms with van der Waals surface area (Å²) in [6.45, 7) is 2.40. The van der Waals surface area contributed by atoms with Gasteiger partial charge in [-0.25, -0.2) is 4.68 Å². The van der Waals surface area contributed by atoms with Crippen molar-refractivity contribution in [3.05, 3.63) is 84.2 Å². The van der Waals surface area contributed by atoms with E-state index < -0.39 is 0 Å². The van der Waals surface area contributed by atoms with E-state index in [2.05, 4.69) is 17.2 Å². The molecule has 6 heteroatoms. The Bertz CT molecular complexity index is 1100. The highest BCUT2D eigenvalue weighted by Gasteiger charge is 2.07. The molecular weight excluding hydrogens is 378 g/mol. The first-order chi connectivity index (χ1) is 14.6. The van der Waals surface area contributed by atoms with Gasteiger partial charge in [-0.05, 0) is 54.4 Å². The second kappa shape index (κ2) is 8.69. The Balaban J connectivity index is 1.43. The molecule has 4 rings (SSSR count). The molecule has 1 aromatic heterocycles. The van der Waals surface area contributed by atoms with E-state index in [1.807, 2.05) is 72.9 Å². The molecule has 6 nitrogen and oxygen atoms in total. The van der Waals surface area contributed by atoms with Crippen LogP contribution >= 0.6 is 0 Å². The van der Waals surface area contributed by atoms with Gasteiger partial charge in [-0.15, -0.1) is 5.10 Å². The molecule has 0 aliphatic rings. The van der Waals surface area contributed by atoms with Crippen LogP contribution in [0, 0.1) is 6.92 Å². The zero-order chi connectivity index (χ0) is 20.9. The lowest BCUT2D eigenvalue weighted by Crippen LogP contribution is -1.96. The first-order valence-electron chi connectivity index (χ1n) is 9.59. The molecule has 0 saturated heterocycles. The fraction of sp³-hybridized carbons (Fsp3) is 0.167. The van der Waals surface area contributed by atoms with Crippen molar-refractivity contribution in [2.75, 3.05) is 14.2 Å². The summed E-state index contributed by atoms with van der Waals surface area (Å²) in [4.78, 5) is 0. The standard InChI is InChI=1S/C24H23N3O3/c1-17-4-8-21(9-5-17)27-15-20(25-26-27)16-30-22-10-6-18(7-11-22)19-12-23(28-2)14-24(13-19)29-3/h4-15H,16H2,1-3H3. The van der Waals surface area contributed by atoms with E-state index in [-0.39, 0.29) is 0 Å². The number of rotatable bonds is 7. The lowest BCUT2D eigenvalue weighted by Gasteiger charge is -2.10. The van der Waals surface area contributed by atoms with Crippen LogP contribution in [0.25, 0.3) is 16.8 Å². The number of aromatic nitrogens is 3. The second-order valence-electron chi connectivity index (χ2n) is 6.90. The van der Waals surface area contributed by atoms with Gasteiger partial charge in [-0.1, -0.05) is 35.0 Å². The Morgan fingerprint density at radius 3 is 2.07 bits per heavy atom. The van der Waals surface area contributed by atoms with E-state index in [4.69, 9.17) is 14.2 Å². The van der Waals surface area contributed by atoms with Gasteiger partial charge in [0.2, 0.25) is 0 Å². The van der Waals surface area contributed by atoms with Crippen LogP contribution in [0.5, 0.6) is 17.2 Å². The molecule has 1 heterocycles. The maximum Gasteiger partial charge on any atom is 0.134 e. The van der Waals surface area contributed by atoms with E-state index in [0.717, 1.165) is 39.8 Å². The minimum absolute atomic E-state index is 0.345. The molecule has 0 fully saturated rings. The normalized spacial score (nSPS) is 10.6. The van der Waals surface area contributed by atoms with E-state index in [9.17, 15) is 0 Å². The first kappa shape index (κ1) is 19.5. The Kier molecular flexibility index (Phi) is 5.66. The summed E-state index contributed by atoms with van der Waals surface area (Å²) in [5, 5.41) is 8.37. The summed E-state index contributed by atoms with van der Waals surface area (Å²) in [5.74, 6) is 2.26. The van der Waals surface area contributed by atoms with Crippen LogP contribution in [0.15, 0.2) is 72.9 Å². The Morgan fingerprint density at radius 2 is 1.43 bits per heavy atom. The third kappa shape index (κ3) is 4.43. The molecular formula is C24H23N3O3. The maximum atomic E-state index is 5.88. The Labute approximate surface area is 175 Å². The zero-order valence-electron chi connectivity index (χ0n) is 17.2. The quantitative estimate of drug-likeness (QED) is 0.444. The molecule has 0 N–H and O–H groups in total. The molecule has 0 saturated carbocycles. The minimum atomic E-state index is 0.345. The van der Waals surface area contributed by atoms with E-state index in [0.29, 0.717) is 6.61 Å². The molecule has 0 atom stereocenters. The van der Waals surface area contributed by atoms with Crippen molar-refractivity contribution in [1.29, 1.82) is 0 Å². The smallest absolute Gasteiger partial charge is 0.134 e. The summed E-state index contributed by atoms with van der Waals surface area (Å²) in [6.07, 6.45) is 1.88. The third-order valence-corrected chi connectivity index (χ3v) is 4.77. The maximum absolute atomic E-state index is 5.88. The Hall–Kier alpha value is -3.80. The van der Waals surface area contributed by atoms with Gasteiger partial charge in [0.15, 0.2) is 0 Å². The van der Waals surface area contributed by atoms with Crippen molar-refractivity contribution in [3.8, 4) is 34.1 Å². The molecule has 0 bridgehead atoms. The second-order valence-corrected chi connectivity index (χ2v) is 6.90. The fourth-order valence-electron chi connectivity index (χ4n) is 3.06. The van der Waals surface area contributed by atoms with Crippen molar-refractivity contribution < 1.29 is 14.2 Å². The highest BCUT2D eigenvalue weighted by molar-refractivity contribution is 5.67. The lowest BCUT2D eigenvalue weighted by molar-refractivity contribution is 0.301. The number of benzene rings is 3. The molecule has 0 spiro atoms. The number of aryl methyl sites for hydroxylation is 1. The molecule has 3 aromatic carbocycles. The predicted octanol–water partition coefficient (Wildman–Crippen LogP) is 4.84. The van der Waals surface area contributed by atoms with Gasteiger partial charge >= 0.3 is 0 Å². The van der Waals surface area contributed by atoms with Gasteiger partial charge in [-0.2, -0.15) is 0 Å². The number of ether oxygens (including phenoxy) is 3. The van der Waals surface area contributed by atoms with Gasteiger partial charge in [0.25, 0.3) is 0 Å². The zero-order valence-corrected chi connectivity index (χ0v) is 17.2. The molecule has 152 valence electrons. The number of methoxy groups -OCH3 is 2. The lowest BCUT2D eigenvalue weighted by atomic mass is 10.0. The van der Waals surface area contributed by atoms with Gasteiger partial charge in [0.05, 0.1) is 26.1 Å². The molecule has 30 heavy (non-hydrogen) atoms. The highest BCUT2D eigenvalue weighted by atomic mass is 16.5. The number of hydrogen-bond acceptors (Lipinski definition) is 5. The fourth-order valence-corrected chi connectivity index (χ4v) is 3.06. The van der Waals surface area contributed by atoms with Crippen molar-refractivity contribution in [3.63, 3.8) is 0 Å². The van der Waals surface area contributed by atoms with Gasteiger partial charge in [-0.3, -0.25) is 0 Å². The van der Waals surface area contributed by atoms with Crippen LogP contribution in [0.2, 0.25) is 0 Å². The van der Waals surface area contributed by atoms with Crippen LogP contribution in [0.1, 0.15) is 11.3 Å². The average Bonchev–Trinajstić information content (AvgIpc) is 3.27. The van der Waals surface area contributed by atoms with Gasteiger partial charge < -0.3 is 14.2 Å². The van der Waals surface area contributed by atoms with Crippen LogP contribution in [0.3, 0.4) is 0 Å². The molecule has 0 amide bonds. The Morgan fingerprint density at radius 1 is 0.767 bits per heavy atom. The van der Waals surface area contributed by atoms with Gasteiger partial charge in [0.1, 0.15) is 29.5 Å². The summed E-state index contributed by atoms with van der Waals surface area (Å²) in [6, 6.07) is 21.8. The summed E-state index contributed by atoms with van der Waals surface area (Å²) in [5.41, 5.74) is 5.00. The predicted molar refractivity (Wildman–Crippen MR) is 115 cm³/mol.